The summed E-state index contributed by atoms with van der Waals surface area (Å²) in [5.41, 5.74) is 0.963. The van der Waals surface area contributed by atoms with Crippen LogP contribution in [0.15, 0.2) is 18.2 Å². The number of phenolic OH excluding ortho intramolecular Hbond substituents is 1. The van der Waals surface area contributed by atoms with Crippen molar-refractivity contribution in [1.82, 2.24) is 0 Å². The van der Waals surface area contributed by atoms with Crippen LogP contribution in [0.3, 0.4) is 0 Å². The number of aromatic hydroxyl groups is 1. The maximum Gasteiger partial charge on any atom is 0.115 e. The van der Waals surface area contributed by atoms with Crippen molar-refractivity contribution in [1.29, 1.82) is 0 Å². The van der Waals surface area contributed by atoms with Gasteiger partial charge in [0.25, 0.3) is 0 Å². The highest BCUT2D eigenvalue weighted by molar-refractivity contribution is 5.24. The molecule has 0 atom stereocenters. The molecule has 0 fully saturated rings. The summed E-state index contributed by atoms with van der Waals surface area (Å²) in [4.78, 5) is 0. The van der Waals surface area contributed by atoms with E-state index >= 15 is 0 Å². The number of hydrogen-bond donors (Lipinski definition) is 1. The third-order valence-electron chi connectivity index (χ3n) is 0.929. The Kier molecular flexibility index (Phi) is 1.20. The Morgan fingerprint density at radius 1 is 1.62 bits per heavy atom. The third kappa shape index (κ3) is 0.997. The first kappa shape index (κ1) is 5.16. The van der Waals surface area contributed by atoms with Gasteiger partial charge in [0, 0.05) is 0 Å². The maximum absolute atomic E-state index is 8.79. The van der Waals surface area contributed by atoms with Gasteiger partial charge in [-0.1, -0.05) is 6.07 Å². The zero-order valence-electron chi connectivity index (χ0n) is 4.68. The van der Waals surface area contributed by atoms with Crippen LogP contribution in [0.2, 0.25) is 0 Å². The number of benzene rings is 1. The molecule has 0 aliphatic carbocycles. The van der Waals surface area contributed by atoms with Gasteiger partial charge in [-0.2, -0.15) is 0 Å². The molecule has 1 aromatic carbocycles. The molecule has 1 radical (unpaired) electrons. The van der Waals surface area contributed by atoms with Gasteiger partial charge in [0.15, 0.2) is 0 Å². The summed E-state index contributed by atoms with van der Waals surface area (Å²) in [5.74, 6) is 0.307. The fraction of sp³-hybridized carbons (Fsp3) is 0.143. The highest BCUT2D eigenvalue weighted by Gasteiger charge is 1.83. The van der Waals surface area contributed by atoms with E-state index in [1.54, 1.807) is 18.2 Å². The van der Waals surface area contributed by atoms with E-state index in [0.717, 1.165) is 5.56 Å². The molecule has 0 amide bonds. The molecule has 0 aromatic heterocycles. The van der Waals surface area contributed by atoms with Gasteiger partial charge < -0.3 is 5.11 Å². The molecular formula is C7H7O. The minimum Gasteiger partial charge on any atom is -0.508 e. The Balaban J connectivity index is 3.08. The predicted molar refractivity (Wildman–Crippen MR) is 31.7 cm³/mol. The lowest BCUT2D eigenvalue weighted by molar-refractivity contribution is 0.475. The zero-order valence-corrected chi connectivity index (χ0v) is 4.68. The summed E-state index contributed by atoms with van der Waals surface area (Å²) >= 11 is 0. The van der Waals surface area contributed by atoms with Gasteiger partial charge in [-0.3, -0.25) is 0 Å². The van der Waals surface area contributed by atoms with Crippen LogP contribution in [0.1, 0.15) is 5.56 Å². The summed E-state index contributed by atoms with van der Waals surface area (Å²) in [6, 6.07) is 7.88. The van der Waals surface area contributed by atoms with Crippen LogP contribution in [0.5, 0.6) is 5.75 Å². The molecule has 0 unspecified atom stereocenters. The van der Waals surface area contributed by atoms with E-state index in [4.69, 9.17) is 5.11 Å². The van der Waals surface area contributed by atoms with Crippen LogP contribution in [-0.4, -0.2) is 5.11 Å². The maximum atomic E-state index is 8.79. The van der Waals surface area contributed by atoms with E-state index in [1.807, 2.05) is 6.92 Å². The first-order valence-electron chi connectivity index (χ1n) is 2.46. The molecule has 0 spiro atoms. The third-order valence-corrected chi connectivity index (χ3v) is 0.929. The standard InChI is InChI=1S/C7H7O/c1-6-3-2-4-7(8)5-6/h2,4-5,8H,1H3. The molecule has 0 saturated heterocycles. The topological polar surface area (TPSA) is 20.2 Å². The number of hydrogen-bond acceptors (Lipinski definition) is 1. The summed E-state index contributed by atoms with van der Waals surface area (Å²) in [6.07, 6.45) is 0. The van der Waals surface area contributed by atoms with Crippen LogP contribution < -0.4 is 0 Å². The van der Waals surface area contributed by atoms with Crippen LogP contribution in [0.25, 0.3) is 0 Å². The lowest BCUT2D eigenvalue weighted by Crippen LogP contribution is -1.67. The zero-order chi connectivity index (χ0) is 5.98. The van der Waals surface area contributed by atoms with E-state index in [1.165, 1.54) is 0 Å². The second-order valence-corrected chi connectivity index (χ2v) is 1.73. The second kappa shape index (κ2) is 1.86. The molecule has 1 aromatic rings. The Morgan fingerprint density at radius 2 is 2.38 bits per heavy atom. The smallest absolute Gasteiger partial charge is 0.115 e. The lowest BCUT2D eigenvalue weighted by atomic mass is 10.2. The Labute approximate surface area is 48.6 Å². The monoisotopic (exact) mass is 107 g/mol. The average molecular weight is 107 g/mol. The highest BCUT2D eigenvalue weighted by atomic mass is 16.3. The molecule has 0 aliphatic rings. The molecule has 0 bridgehead atoms. The first-order valence-corrected chi connectivity index (χ1v) is 2.46. The first-order chi connectivity index (χ1) is 3.79. The molecule has 0 heterocycles. The fourth-order valence-corrected chi connectivity index (χ4v) is 0.570. The summed E-state index contributed by atoms with van der Waals surface area (Å²) in [7, 11) is 0. The minimum absolute atomic E-state index is 0.307. The average Bonchev–Trinajstić information content (AvgIpc) is 1.64. The van der Waals surface area contributed by atoms with E-state index < -0.39 is 0 Å². The van der Waals surface area contributed by atoms with Crippen molar-refractivity contribution in [2.45, 2.75) is 6.92 Å². The van der Waals surface area contributed by atoms with Crippen molar-refractivity contribution < 1.29 is 5.11 Å². The highest BCUT2D eigenvalue weighted by Crippen LogP contribution is 2.07. The van der Waals surface area contributed by atoms with Crippen molar-refractivity contribution >= 4 is 0 Å². The number of rotatable bonds is 0. The predicted octanol–water partition coefficient (Wildman–Crippen LogP) is 1.50. The van der Waals surface area contributed by atoms with Gasteiger partial charge in [-0.05, 0) is 30.7 Å². The molecule has 1 heteroatoms. The quantitative estimate of drug-likeness (QED) is 0.532. The SMILES string of the molecule is Cc1[c]ccc(O)c1. The largest absolute Gasteiger partial charge is 0.508 e. The van der Waals surface area contributed by atoms with Gasteiger partial charge in [0.05, 0.1) is 0 Å². The molecule has 41 valence electrons. The molecule has 0 aliphatic heterocycles. The number of aryl methyl sites for hydroxylation is 1. The van der Waals surface area contributed by atoms with Crippen LogP contribution in [0.4, 0.5) is 0 Å². The molecule has 8 heavy (non-hydrogen) atoms. The summed E-state index contributed by atoms with van der Waals surface area (Å²) in [6.45, 7) is 1.89. The molecule has 1 rings (SSSR count). The second-order valence-electron chi connectivity index (χ2n) is 1.73. The Bertz CT molecular complexity index is 164. The van der Waals surface area contributed by atoms with Crippen molar-refractivity contribution in [2.24, 2.45) is 0 Å². The van der Waals surface area contributed by atoms with Crippen LogP contribution in [0, 0.1) is 13.0 Å². The van der Waals surface area contributed by atoms with Crippen LogP contribution in [-0.2, 0) is 0 Å². The van der Waals surface area contributed by atoms with Gasteiger partial charge in [0.2, 0.25) is 0 Å². The van der Waals surface area contributed by atoms with E-state index in [0.29, 0.717) is 5.75 Å². The van der Waals surface area contributed by atoms with Gasteiger partial charge in [0.1, 0.15) is 5.75 Å². The molecular weight excluding hydrogens is 100 g/mol. The van der Waals surface area contributed by atoms with E-state index in [-0.39, 0.29) is 0 Å². The summed E-state index contributed by atoms with van der Waals surface area (Å²) < 4.78 is 0. The Morgan fingerprint density at radius 3 is 2.75 bits per heavy atom. The van der Waals surface area contributed by atoms with Crippen molar-refractivity contribution in [3.63, 3.8) is 0 Å². The van der Waals surface area contributed by atoms with E-state index in [2.05, 4.69) is 6.07 Å². The van der Waals surface area contributed by atoms with Crippen LogP contribution >= 0.6 is 0 Å². The van der Waals surface area contributed by atoms with Gasteiger partial charge >= 0.3 is 0 Å². The normalized spacial score (nSPS) is 9.12. The van der Waals surface area contributed by atoms with Crippen molar-refractivity contribution in [3.05, 3.63) is 29.8 Å². The van der Waals surface area contributed by atoms with Crippen molar-refractivity contribution in [2.75, 3.05) is 0 Å². The lowest BCUT2D eigenvalue weighted by Gasteiger charge is -1.89. The van der Waals surface area contributed by atoms with Crippen molar-refractivity contribution in [3.8, 4) is 5.75 Å². The fourth-order valence-electron chi connectivity index (χ4n) is 0.570. The Hall–Kier alpha value is -0.980. The van der Waals surface area contributed by atoms with Gasteiger partial charge in [-0.15, -0.1) is 0 Å². The minimum atomic E-state index is 0.307. The van der Waals surface area contributed by atoms with Gasteiger partial charge in [-0.25, -0.2) is 0 Å². The summed E-state index contributed by atoms with van der Waals surface area (Å²) in [5, 5.41) is 8.79. The molecule has 0 saturated carbocycles. The molecule has 1 nitrogen and oxygen atoms in total. The van der Waals surface area contributed by atoms with E-state index in [9.17, 15) is 0 Å². The molecule has 1 N–H and O–H groups in total. The number of phenols is 1.